The van der Waals surface area contributed by atoms with Gasteiger partial charge in [-0.2, -0.15) is 0 Å². The quantitative estimate of drug-likeness (QED) is 0.405. The van der Waals surface area contributed by atoms with Gasteiger partial charge in [0.2, 0.25) is 0 Å². The zero-order chi connectivity index (χ0) is 23.8. The molecule has 2 aromatic heterocycles. The molecular formula is C26H24N4O4. The molecule has 34 heavy (non-hydrogen) atoms. The first kappa shape index (κ1) is 21.6. The molecule has 0 amide bonds. The summed E-state index contributed by atoms with van der Waals surface area (Å²) in [4.78, 5) is 34.0. The standard InChI is InChI=1S/C26H24N4O4/c1-15-11-16(9-10-27-15)19-12-22-23(30(14-28-22)17-7-8-17)13-21(19)29-20-6-4-5-18(25(31)33-2)24(20)26(32)34-3/h4-6,9-14,17,29H,7-8H2,1-3H3. The van der Waals surface area contributed by atoms with Crippen LogP contribution in [0.1, 0.15) is 45.3 Å². The predicted octanol–water partition coefficient (Wildman–Crippen LogP) is 5.06. The van der Waals surface area contributed by atoms with Crippen molar-refractivity contribution >= 4 is 34.3 Å². The van der Waals surface area contributed by atoms with E-state index in [0.717, 1.165) is 46.4 Å². The topological polar surface area (TPSA) is 95.3 Å². The second-order valence-corrected chi connectivity index (χ2v) is 8.29. The number of imidazole rings is 1. The fourth-order valence-corrected chi connectivity index (χ4v) is 4.18. The molecule has 1 aliphatic carbocycles. The fourth-order valence-electron chi connectivity index (χ4n) is 4.18. The molecule has 8 heteroatoms. The van der Waals surface area contributed by atoms with E-state index < -0.39 is 11.9 Å². The molecule has 8 nitrogen and oxygen atoms in total. The molecule has 0 aliphatic heterocycles. The van der Waals surface area contributed by atoms with E-state index >= 15 is 0 Å². The minimum Gasteiger partial charge on any atom is -0.465 e. The molecule has 0 bridgehead atoms. The summed E-state index contributed by atoms with van der Waals surface area (Å²) in [6.07, 6.45) is 5.91. The highest BCUT2D eigenvalue weighted by atomic mass is 16.5. The Morgan fingerprint density at radius 3 is 2.50 bits per heavy atom. The van der Waals surface area contributed by atoms with Gasteiger partial charge in [-0.15, -0.1) is 0 Å². The van der Waals surface area contributed by atoms with Crippen molar-refractivity contribution in [3.05, 3.63) is 71.8 Å². The lowest BCUT2D eigenvalue weighted by Crippen LogP contribution is -2.14. The molecule has 0 atom stereocenters. The average Bonchev–Trinajstić information content (AvgIpc) is 3.62. The molecule has 1 saturated carbocycles. The van der Waals surface area contributed by atoms with Crippen LogP contribution in [-0.2, 0) is 9.47 Å². The van der Waals surface area contributed by atoms with Gasteiger partial charge in [0.25, 0.3) is 0 Å². The molecule has 0 unspecified atom stereocenters. The Bertz CT molecular complexity index is 1420. The molecule has 5 rings (SSSR count). The van der Waals surface area contributed by atoms with Crippen molar-refractivity contribution in [3.8, 4) is 11.1 Å². The monoisotopic (exact) mass is 456 g/mol. The smallest absolute Gasteiger partial charge is 0.340 e. The number of carbonyl (C=O) groups is 2. The van der Waals surface area contributed by atoms with Gasteiger partial charge >= 0.3 is 11.9 Å². The van der Waals surface area contributed by atoms with E-state index in [1.165, 1.54) is 14.2 Å². The van der Waals surface area contributed by atoms with Crippen molar-refractivity contribution in [2.24, 2.45) is 0 Å². The maximum atomic E-state index is 12.7. The number of benzene rings is 2. The van der Waals surface area contributed by atoms with Crippen molar-refractivity contribution in [1.29, 1.82) is 0 Å². The number of esters is 2. The lowest BCUT2D eigenvalue weighted by Gasteiger charge is -2.17. The van der Waals surface area contributed by atoms with E-state index in [1.807, 2.05) is 37.5 Å². The SMILES string of the molecule is COC(=O)c1cccc(Nc2cc3c(cc2-c2ccnc(C)c2)ncn3C2CC2)c1C(=O)OC. The van der Waals surface area contributed by atoms with E-state index in [0.29, 0.717) is 11.7 Å². The maximum absolute atomic E-state index is 12.7. The highest BCUT2D eigenvalue weighted by Gasteiger charge is 2.26. The van der Waals surface area contributed by atoms with Gasteiger partial charge in [0.15, 0.2) is 0 Å². The van der Waals surface area contributed by atoms with Crippen molar-refractivity contribution in [2.75, 3.05) is 19.5 Å². The number of nitrogens with zero attached hydrogens (tertiary/aromatic N) is 3. The molecule has 172 valence electrons. The van der Waals surface area contributed by atoms with Crippen LogP contribution in [0.4, 0.5) is 11.4 Å². The lowest BCUT2D eigenvalue weighted by atomic mass is 10.0. The molecule has 1 aliphatic rings. The summed E-state index contributed by atoms with van der Waals surface area (Å²) in [6.45, 7) is 1.94. The summed E-state index contributed by atoms with van der Waals surface area (Å²) in [6, 6.07) is 13.4. The van der Waals surface area contributed by atoms with Gasteiger partial charge in [0.05, 0.1) is 48.4 Å². The first-order valence-electron chi connectivity index (χ1n) is 11.0. The molecule has 2 heterocycles. The first-order chi connectivity index (χ1) is 16.5. The highest BCUT2D eigenvalue weighted by molar-refractivity contribution is 6.08. The number of rotatable bonds is 6. The number of methoxy groups -OCH3 is 2. The fraction of sp³-hybridized carbons (Fsp3) is 0.231. The molecular weight excluding hydrogens is 432 g/mol. The summed E-state index contributed by atoms with van der Waals surface area (Å²) in [5.41, 5.74) is 6.09. The van der Waals surface area contributed by atoms with Crippen molar-refractivity contribution in [3.63, 3.8) is 0 Å². The van der Waals surface area contributed by atoms with Gasteiger partial charge in [0, 0.05) is 29.2 Å². The number of hydrogen-bond acceptors (Lipinski definition) is 7. The second-order valence-electron chi connectivity index (χ2n) is 8.29. The Morgan fingerprint density at radius 2 is 1.79 bits per heavy atom. The minimum atomic E-state index is -0.631. The van der Waals surface area contributed by atoms with Crippen LogP contribution < -0.4 is 5.32 Å². The van der Waals surface area contributed by atoms with E-state index in [4.69, 9.17) is 9.47 Å². The van der Waals surface area contributed by atoms with Gasteiger partial charge in [0.1, 0.15) is 0 Å². The van der Waals surface area contributed by atoms with Crippen LogP contribution in [-0.4, -0.2) is 40.7 Å². The number of hydrogen-bond donors (Lipinski definition) is 1. The average molecular weight is 457 g/mol. The molecule has 2 aromatic carbocycles. The van der Waals surface area contributed by atoms with E-state index in [9.17, 15) is 9.59 Å². The van der Waals surface area contributed by atoms with Crippen molar-refractivity contribution in [1.82, 2.24) is 14.5 Å². The molecule has 0 radical (unpaired) electrons. The Morgan fingerprint density at radius 1 is 1.00 bits per heavy atom. The largest absolute Gasteiger partial charge is 0.465 e. The zero-order valence-corrected chi connectivity index (χ0v) is 19.2. The number of aryl methyl sites for hydroxylation is 1. The van der Waals surface area contributed by atoms with E-state index in [1.54, 1.807) is 24.4 Å². The Balaban J connectivity index is 1.70. The summed E-state index contributed by atoms with van der Waals surface area (Å²) in [5, 5.41) is 3.39. The molecule has 0 saturated heterocycles. The van der Waals surface area contributed by atoms with Gasteiger partial charge in [-0.05, 0) is 61.7 Å². The van der Waals surface area contributed by atoms with Crippen molar-refractivity contribution in [2.45, 2.75) is 25.8 Å². The lowest BCUT2D eigenvalue weighted by molar-refractivity contribution is 0.0556. The van der Waals surface area contributed by atoms with Crippen LogP contribution in [0.15, 0.2) is 55.0 Å². The van der Waals surface area contributed by atoms with Gasteiger partial charge in [-0.3, -0.25) is 4.98 Å². The Labute approximate surface area is 196 Å². The zero-order valence-electron chi connectivity index (χ0n) is 19.2. The minimum absolute atomic E-state index is 0.115. The van der Waals surface area contributed by atoms with E-state index in [2.05, 4.69) is 19.9 Å². The van der Waals surface area contributed by atoms with Crippen LogP contribution in [0.2, 0.25) is 0 Å². The van der Waals surface area contributed by atoms with Crippen LogP contribution >= 0.6 is 0 Å². The molecule has 1 fully saturated rings. The second kappa shape index (κ2) is 8.62. The predicted molar refractivity (Wildman–Crippen MR) is 128 cm³/mol. The van der Waals surface area contributed by atoms with Crippen LogP contribution in [0.5, 0.6) is 0 Å². The number of aromatic nitrogens is 3. The van der Waals surface area contributed by atoms with Gasteiger partial charge in [-0.1, -0.05) is 6.07 Å². The number of fused-ring (bicyclic) bond motifs is 1. The van der Waals surface area contributed by atoms with Crippen LogP contribution in [0, 0.1) is 6.92 Å². The maximum Gasteiger partial charge on any atom is 0.340 e. The number of pyridine rings is 1. The summed E-state index contributed by atoms with van der Waals surface area (Å²) in [7, 11) is 2.56. The van der Waals surface area contributed by atoms with Crippen LogP contribution in [0.25, 0.3) is 22.2 Å². The highest BCUT2D eigenvalue weighted by Crippen LogP contribution is 2.40. The Hall–Kier alpha value is -4.20. The number of nitrogens with one attached hydrogen (secondary N) is 1. The molecule has 0 spiro atoms. The Kier molecular flexibility index (Phi) is 5.49. The van der Waals surface area contributed by atoms with Gasteiger partial charge in [-0.25, -0.2) is 14.6 Å². The summed E-state index contributed by atoms with van der Waals surface area (Å²) < 4.78 is 12.1. The van der Waals surface area contributed by atoms with E-state index in [-0.39, 0.29) is 11.1 Å². The third-order valence-corrected chi connectivity index (χ3v) is 5.99. The third kappa shape index (κ3) is 3.87. The molecule has 1 N–H and O–H groups in total. The van der Waals surface area contributed by atoms with Crippen molar-refractivity contribution < 1.29 is 19.1 Å². The van der Waals surface area contributed by atoms with Crippen LogP contribution in [0.3, 0.4) is 0 Å². The molecule has 4 aromatic rings. The first-order valence-corrected chi connectivity index (χ1v) is 11.0. The van der Waals surface area contributed by atoms with Gasteiger partial charge < -0.3 is 19.4 Å². The normalized spacial score (nSPS) is 13.0. The third-order valence-electron chi connectivity index (χ3n) is 5.99. The summed E-state index contributed by atoms with van der Waals surface area (Å²) >= 11 is 0. The number of carbonyl (C=O) groups excluding carboxylic acids is 2. The number of anilines is 2. The number of ether oxygens (including phenoxy) is 2. The summed E-state index contributed by atoms with van der Waals surface area (Å²) in [5.74, 6) is -1.25.